The number of nitrogen functional groups attached to an aromatic ring is 1. The molecule has 0 amide bonds. The average molecular weight is 424 g/mol. The van der Waals surface area contributed by atoms with Gasteiger partial charge in [-0.3, -0.25) is 5.10 Å². The zero-order valence-electron chi connectivity index (χ0n) is 18.1. The van der Waals surface area contributed by atoms with Crippen LogP contribution in [0.5, 0.6) is 0 Å². The molecule has 1 heterocycles. The molecule has 0 saturated carbocycles. The molecule has 0 fully saturated rings. The summed E-state index contributed by atoms with van der Waals surface area (Å²) in [7, 11) is 0. The van der Waals surface area contributed by atoms with Crippen LogP contribution in [0, 0.1) is 6.92 Å². The van der Waals surface area contributed by atoms with Gasteiger partial charge in [-0.15, -0.1) is 0 Å². The Bertz CT molecular complexity index is 1350. The number of hydrogen-bond acceptors (Lipinski definition) is 3. The highest BCUT2D eigenvalue weighted by molar-refractivity contribution is 6.01. The van der Waals surface area contributed by atoms with Crippen LogP contribution in [-0.4, -0.2) is 21.3 Å². The summed E-state index contributed by atoms with van der Waals surface area (Å²) in [5.74, 6) is -0.964. The lowest BCUT2D eigenvalue weighted by molar-refractivity contribution is -0.131. The Morgan fingerprint density at radius 3 is 2.56 bits per heavy atom. The fraction of sp³-hybridized carbons (Fsp3) is 0.111. The highest BCUT2D eigenvalue weighted by atomic mass is 16.4. The van der Waals surface area contributed by atoms with Gasteiger partial charge in [-0.05, 0) is 76.6 Å². The van der Waals surface area contributed by atoms with Crippen molar-refractivity contribution in [2.24, 2.45) is 0 Å². The number of carboxylic acids is 1. The van der Waals surface area contributed by atoms with Gasteiger partial charge in [0, 0.05) is 17.1 Å². The predicted octanol–water partition coefficient (Wildman–Crippen LogP) is 5.92. The number of benzene rings is 3. The summed E-state index contributed by atoms with van der Waals surface area (Å²) < 4.78 is 0. The van der Waals surface area contributed by atoms with Crippen molar-refractivity contribution in [1.29, 1.82) is 0 Å². The normalized spacial score (nSPS) is 12.3. The molecule has 0 spiro atoms. The standard InChI is InChI=1S/C27H25N3O2/c1-3-22(23-5-4-6-24(28)17(23)2)27(20-12-13-25-21(15-20)16-29-30-25)19-10-7-18(8-11-19)9-14-26(31)32/h4-16H,3,28H2,1-2H3,(H,29,30)(H,31,32)/b14-9+,27-22+. The molecule has 0 radical (unpaired) electrons. The summed E-state index contributed by atoms with van der Waals surface area (Å²) in [6.45, 7) is 4.20. The van der Waals surface area contributed by atoms with E-state index >= 15 is 0 Å². The van der Waals surface area contributed by atoms with Gasteiger partial charge < -0.3 is 10.8 Å². The predicted molar refractivity (Wildman–Crippen MR) is 131 cm³/mol. The van der Waals surface area contributed by atoms with Crippen molar-refractivity contribution in [1.82, 2.24) is 10.2 Å². The van der Waals surface area contributed by atoms with Gasteiger partial charge in [0.15, 0.2) is 0 Å². The molecule has 0 saturated heterocycles. The molecule has 0 bridgehead atoms. The van der Waals surface area contributed by atoms with E-state index in [0.717, 1.165) is 62.5 Å². The van der Waals surface area contributed by atoms with Crippen molar-refractivity contribution < 1.29 is 9.90 Å². The lowest BCUT2D eigenvalue weighted by Gasteiger charge is -2.19. The van der Waals surface area contributed by atoms with Crippen molar-refractivity contribution in [3.05, 3.63) is 101 Å². The molecule has 1 aromatic heterocycles. The summed E-state index contributed by atoms with van der Waals surface area (Å²) in [4.78, 5) is 10.9. The van der Waals surface area contributed by atoms with E-state index in [1.807, 2.05) is 48.7 Å². The number of aromatic amines is 1. The molecule has 4 aromatic rings. The number of rotatable bonds is 6. The molecule has 5 heteroatoms. The van der Waals surface area contributed by atoms with E-state index < -0.39 is 5.97 Å². The van der Waals surface area contributed by atoms with Crippen molar-refractivity contribution in [2.45, 2.75) is 20.3 Å². The monoisotopic (exact) mass is 423 g/mol. The summed E-state index contributed by atoms with van der Waals surface area (Å²) >= 11 is 0. The third-order valence-corrected chi connectivity index (χ3v) is 5.70. The van der Waals surface area contributed by atoms with Crippen LogP contribution in [0.15, 0.2) is 72.9 Å². The zero-order valence-corrected chi connectivity index (χ0v) is 18.1. The Hall–Kier alpha value is -4.12. The maximum Gasteiger partial charge on any atom is 0.328 e. The number of allylic oxidation sites excluding steroid dienone is 1. The van der Waals surface area contributed by atoms with E-state index in [1.165, 1.54) is 5.57 Å². The molecule has 0 aliphatic rings. The van der Waals surface area contributed by atoms with Crippen molar-refractivity contribution in [2.75, 3.05) is 5.73 Å². The number of nitrogens with two attached hydrogens (primary N) is 1. The third-order valence-electron chi connectivity index (χ3n) is 5.70. The fourth-order valence-corrected chi connectivity index (χ4v) is 4.02. The maximum atomic E-state index is 10.9. The second-order valence-corrected chi connectivity index (χ2v) is 7.69. The Morgan fingerprint density at radius 2 is 1.84 bits per heavy atom. The van der Waals surface area contributed by atoms with Crippen LogP contribution in [0.3, 0.4) is 0 Å². The van der Waals surface area contributed by atoms with E-state index in [1.54, 1.807) is 6.08 Å². The molecule has 3 aromatic carbocycles. The molecular formula is C27H25N3O2. The van der Waals surface area contributed by atoms with Gasteiger partial charge >= 0.3 is 5.97 Å². The van der Waals surface area contributed by atoms with Gasteiger partial charge in [-0.25, -0.2) is 4.79 Å². The van der Waals surface area contributed by atoms with Crippen molar-refractivity contribution >= 4 is 39.8 Å². The molecule has 0 aliphatic carbocycles. The molecular weight excluding hydrogens is 398 g/mol. The number of H-pyrrole nitrogens is 1. The van der Waals surface area contributed by atoms with Crippen molar-refractivity contribution in [3.8, 4) is 0 Å². The lowest BCUT2D eigenvalue weighted by atomic mass is 9.86. The molecule has 32 heavy (non-hydrogen) atoms. The number of carbonyl (C=O) groups is 1. The smallest absolute Gasteiger partial charge is 0.328 e. The quantitative estimate of drug-likeness (QED) is 0.204. The van der Waals surface area contributed by atoms with E-state index in [9.17, 15) is 4.79 Å². The third kappa shape index (κ3) is 4.18. The highest BCUT2D eigenvalue weighted by Gasteiger charge is 2.16. The van der Waals surface area contributed by atoms with Crippen LogP contribution >= 0.6 is 0 Å². The van der Waals surface area contributed by atoms with E-state index in [4.69, 9.17) is 10.8 Å². The van der Waals surface area contributed by atoms with Crippen molar-refractivity contribution in [3.63, 3.8) is 0 Å². The topological polar surface area (TPSA) is 92.0 Å². The molecule has 0 aliphatic heterocycles. The minimum absolute atomic E-state index is 0.771. The van der Waals surface area contributed by atoms with Gasteiger partial charge in [0.2, 0.25) is 0 Å². The summed E-state index contributed by atoms with van der Waals surface area (Å²) in [5, 5.41) is 17.1. The number of aliphatic carboxylic acids is 1. The minimum atomic E-state index is -0.964. The number of fused-ring (bicyclic) bond motifs is 1. The number of nitrogens with one attached hydrogen (secondary N) is 1. The Morgan fingerprint density at radius 1 is 1.09 bits per heavy atom. The zero-order chi connectivity index (χ0) is 22.7. The molecule has 4 N–H and O–H groups in total. The molecule has 5 nitrogen and oxygen atoms in total. The number of aromatic nitrogens is 2. The first-order valence-electron chi connectivity index (χ1n) is 10.5. The van der Waals surface area contributed by atoms with Crippen LogP contribution < -0.4 is 5.73 Å². The summed E-state index contributed by atoms with van der Waals surface area (Å²) in [6.07, 6.45) is 5.39. The molecule has 0 atom stereocenters. The fourth-order valence-electron chi connectivity index (χ4n) is 4.02. The average Bonchev–Trinajstić information content (AvgIpc) is 3.26. The number of nitrogens with zero attached hydrogens (tertiary/aromatic N) is 1. The summed E-state index contributed by atoms with van der Waals surface area (Å²) in [5.41, 5.74) is 15.5. The van der Waals surface area contributed by atoms with E-state index in [0.29, 0.717) is 0 Å². The van der Waals surface area contributed by atoms with Crippen LogP contribution in [0.2, 0.25) is 0 Å². The second kappa shape index (κ2) is 8.94. The SMILES string of the molecule is CC/C(=C(/c1ccc(/C=C/C(=O)O)cc1)c1ccc2[nH]ncc2c1)c1cccc(N)c1C. The van der Waals surface area contributed by atoms with E-state index in [2.05, 4.69) is 42.2 Å². The van der Waals surface area contributed by atoms with E-state index in [-0.39, 0.29) is 0 Å². The van der Waals surface area contributed by atoms with Crippen LogP contribution in [0.25, 0.3) is 28.1 Å². The first-order chi connectivity index (χ1) is 15.5. The molecule has 4 rings (SSSR count). The molecule has 160 valence electrons. The van der Waals surface area contributed by atoms with Gasteiger partial charge in [-0.1, -0.05) is 49.4 Å². The maximum absolute atomic E-state index is 10.9. The highest BCUT2D eigenvalue weighted by Crippen LogP contribution is 2.37. The number of carboxylic acid groups (broad SMARTS) is 1. The summed E-state index contributed by atoms with van der Waals surface area (Å²) in [6, 6.07) is 20.3. The van der Waals surface area contributed by atoms with Crippen LogP contribution in [0.4, 0.5) is 5.69 Å². The number of hydrogen-bond donors (Lipinski definition) is 3. The van der Waals surface area contributed by atoms with Gasteiger partial charge in [0.25, 0.3) is 0 Å². The largest absolute Gasteiger partial charge is 0.478 e. The van der Waals surface area contributed by atoms with Gasteiger partial charge in [0.05, 0.1) is 11.7 Å². The first-order valence-corrected chi connectivity index (χ1v) is 10.5. The number of anilines is 1. The Kier molecular flexibility index (Phi) is 5.90. The van der Waals surface area contributed by atoms with Gasteiger partial charge in [0.1, 0.15) is 0 Å². The lowest BCUT2D eigenvalue weighted by Crippen LogP contribution is -1.99. The van der Waals surface area contributed by atoms with Crippen LogP contribution in [0.1, 0.15) is 41.2 Å². The first kappa shape index (κ1) is 21.1. The Balaban J connectivity index is 1.94. The van der Waals surface area contributed by atoms with Gasteiger partial charge in [-0.2, -0.15) is 5.10 Å². The minimum Gasteiger partial charge on any atom is -0.478 e. The molecule has 0 unspecified atom stereocenters. The Labute approximate surface area is 186 Å². The second-order valence-electron chi connectivity index (χ2n) is 7.69. The van der Waals surface area contributed by atoms with Crippen LogP contribution in [-0.2, 0) is 4.79 Å².